The molecule has 0 radical (unpaired) electrons. The molecule has 2 aromatic rings. The summed E-state index contributed by atoms with van der Waals surface area (Å²) in [4.78, 5) is 22.4. The number of aryl methyl sites for hydroxylation is 1. The summed E-state index contributed by atoms with van der Waals surface area (Å²) >= 11 is 0. The van der Waals surface area contributed by atoms with Crippen molar-refractivity contribution in [1.29, 1.82) is 0 Å². The number of ether oxygens (including phenoxy) is 1. The highest BCUT2D eigenvalue weighted by molar-refractivity contribution is 7.92. The van der Waals surface area contributed by atoms with Crippen molar-refractivity contribution >= 4 is 33.3 Å². The van der Waals surface area contributed by atoms with Crippen LogP contribution in [-0.2, 0) is 19.6 Å². The Kier molecular flexibility index (Phi) is 6.61. The highest BCUT2D eigenvalue weighted by Crippen LogP contribution is 2.30. The van der Waals surface area contributed by atoms with Crippen molar-refractivity contribution in [3.8, 4) is 5.75 Å². The van der Waals surface area contributed by atoms with Crippen LogP contribution in [-0.4, -0.2) is 32.0 Å². The average Bonchev–Trinajstić information content (AvgIpc) is 3.52. The van der Waals surface area contributed by atoms with Crippen LogP contribution in [0.1, 0.15) is 31.2 Å². The Morgan fingerprint density at radius 2 is 1.77 bits per heavy atom. The maximum Gasteiger partial charge on any atom is 0.303 e. The molecule has 30 heavy (non-hydrogen) atoms. The fourth-order valence-corrected chi connectivity index (χ4v) is 3.93. The van der Waals surface area contributed by atoms with Crippen LogP contribution in [0.25, 0.3) is 0 Å². The molecule has 0 aliphatic heterocycles. The third kappa shape index (κ3) is 5.96. The van der Waals surface area contributed by atoms with Gasteiger partial charge < -0.3 is 15.2 Å². The molecule has 1 amide bonds. The van der Waals surface area contributed by atoms with Gasteiger partial charge in [-0.25, -0.2) is 8.42 Å². The summed E-state index contributed by atoms with van der Waals surface area (Å²) in [5, 5.41) is 11.4. The molecule has 0 atom stereocenters. The number of hydrogen-bond acceptors (Lipinski definition) is 5. The predicted molar refractivity (Wildman–Crippen MR) is 112 cm³/mol. The van der Waals surface area contributed by atoms with Crippen LogP contribution in [0.3, 0.4) is 0 Å². The van der Waals surface area contributed by atoms with Gasteiger partial charge in [-0.1, -0.05) is 0 Å². The van der Waals surface area contributed by atoms with E-state index in [0.717, 1.165) is 12.8 Å². The molecule has 1 aliphatic carbocycles. The van der Waals surface area contributed by atoms with Gasteiger partial charge in [0.25, 0.3) is 10.0 Å². The molecular formula is C21H24N2O6S. The minimum Gasteiger partial charge on any atom is -0.493 e. The first-order valence-corrected chi connectivity index (χ1v) is 11.1. The van der Waals surface area contributed by atoms with E-state index < -0.39 is 16.0 Å². The summed E-state index contributed by atoms with van der Waals surface area (Å²) in [6, 6.07) is 11.0. The number of carbonyl (C=O) groups excluding carboxylic acids is 1. The zero-order valence-corrected chi connectivity index (χ0v) is 17.4. The molecule has 160 valence electrons. The Balaban J connectivity index is 1.61. The van der Waals surface area contributed by atoms with E-state index >= 15 is 0 Å². The zero-order valence-electron chi connectivity index (χ0n) is 16.6. The quantitative estimate of drug-likeness (QED) is 0.495. The van der Waals surface area contributed by atoms with Crippen molar-refractivity contribution in [1.82, 2.24) is 0 Å². The van der Waals surface area contributed by atoms with E-state index in [9.17, 15) is 18.0 Å². The van der Waals surface area contributed by atoms with Crippen LogP contribution < -0.4 is 14.8 Å². The number of sulfonamides is 1. The number of aliphatic carboxylic acids is 1. The van der Waals surface area contributed by atoms with Gasteiger partial charge in [-0.15, -0.1) is 0 Å². The number of benzene rings is 2. The largest absolute Gasteiger partial charge is 0.493 e. The summed E-state index contributed by atoms with van der Waals surface area (Å²) in [6.07, 6.45) is 2.20. The molecular weight excluding hydrogens is 408 g/mol. The number of anilines is 2. The van der Waals surface area contributed by atoms with E-state index in [4.69, 9.17) is 9.84 Å². The Hall–Kier alpha value is -3.07. The van der Waals surface area contributed by atoms with Crippen LogP contribution in [0.15, 0.2) is 47.4 Å². The van der Waals surface area contributed by atoms with E-state index in [1.54, 1.807) is 37.3 Å². The van der Waals surface area contributed by atoms with Crippen molar-refractivity contribution in [2.45, 2.75) is 37.5 Å². The van der Waals surface area contributed by atoms with Gasteiger partial charge >= 0.3 is 5.97 Å². The normalized spacial score (nSPS) is 13.5. The minimum absolute atomic E-state index is 0.0101. The lowest BCUT2D eigenvalue weighted by molar-refractivity contribution is -0.137. The number of carbonyl (C=O) groups is 2. The third-order valence-corrected chi connectivity index (χ3v) is 5.98. The molecule has 0 heterocycles. The van der Waals surface area contributed by atoms with E-state index in [2.05, 4.69) is 10.0 Å². The van der Waals surface area contributed by atoms with Crippen LogP contribution in [0, 0.1) is 12.8 Å². The van der Waals surface area contributed by atoms with Crippen molar-refractivity contribution in [2.75, 3.05) is 16.6 Å². The monoisotopic (exact) mass is 432 g/mol. The van der Waals surface area contributed by atoms with Crippen molar-refractivity contribution in [3.05, 3.63) is 48.0 Å². The van der Waals surface area contributed by atoms with Gasteiger partial charge in [-0.2, -0.15) is 0 Å². The number of amides is 1. The lowest BCUT2D eigenvalue weighted by Crippen LogP contribution is -2.14. The molecule has 0 spiro atoms. The van der Waals surface area contributed by atoms with Gasteiger partial charge in [-0.3, -0.25) is 14.3 Å². The third-order valence-electron chi connectivity index (χ3n) is 4.60. The second-order valence-electron chi connectivity index (χ2n) is 7.22. The fraction of sp³-hybridized carbons (Fsp3) is 0.333. The van der Waals surface area contributed by atoms with E-state index in [1.807, 2.05) is 0 Å². The molecule has 2 aromatic carbocycles. The maximum atomic E-state index is 12.7. The van der Waals surface area contributed by atoms with Crippen LogP contribution in [0.2, 0.25) is 0 Å². The van der Waals surface area contributed by atoms with Crippen molar-refractivity contribution in [3.63, 3.8) is 0 Å². The molecule has 9 heteroatoms. The Labute approximate surface area is 175 Å². The Morgan fingerprint density at radius 3 is 2.37 bits per heavy atom. The molecule has 0 bridgehead atoms. The summed E-state index contributed by atoms with van der Waals surface area (Å²) in [6.45, 7) is 1.96. The molecule has 3 N–H and O–H groups in total. The molecule has 1 saturated carbocycles. The Morgan fingerprint density at radius 1 is 1.10 bits per heavy atom. The molecule has 1 fully saturated rings. The van der Waals surface area contributed by atoms with Crippen LogP contribution in [0.5, 0.6) is 5.75 Å². The van der Waals surface area contributed by atoms with Crippen molar-refractivity contribution in [2.24, 2.45) is 5.92 Å². The molecule has 0 unspecified atom stereocenters. The van der Waals surface area contributed by atoms with Gasteiger partial charge in [0.1, 0.15) is 5.75 Å². The molecule has 0 aromatic heterocycles. The number of rotatable bonds is 10. The first-order chi connectivity index (χ1) is 14.2. The first kappa shape index (κ1) is 21.6. The lowest BCUT2D eigenvalue weighted by atomic mass is 10.2. The highest BCUT2D eigenvalue weighted by Gasteiger charge is 2.29. The summed E-state index contributed by atoms with van der Waals surface area (Å²) < 4.78 is 33.4. The number of nitrogens with one attached hydrogen (secondary N) is 2. The van der Waals surface area contributed by atoms with Gasteiger partial charge in [0.05, 0.1) is 11.5 Å². The SMILES string of the molecule is Cc1cc(S(=O)(=O)Nc2ccc(NC(=O)C3CC3)cc2)ccc1OCCCC(=O)O. The van der Waals surface area contributed by atoms with Crippen LogP contribution >= 0.6 is 0 Å². The van der Waals surface area contributed by atoms with Gasteiger partial charge in [0, 0.05) is 23.7 Å². The lowest BCUT2D eigenvalue weighted by Gasteiger charge is -2.12. The van der Waals surface area contributed by atoms with E-state index in [-0.39, 0.29) is 29.7 Å². The van der Waals surface area contributed by atoms with Crippen LogP contribution in [0.4, 0.5) is 11.4 Å². The van der Waals surface area contributed by atoms with Gasteiger partial charge in [0.15, 0.2) is 0 Å². The van der Waals surface area contributed by atoms with Gasteiger partial charge in [0.2, 0.25) is 5.91 Å². The first-order valence-electron chi connectivity index (χ1n) is 9.63. The zero-order chi connectivity index (χ0) is 21.7. The number of carboxylic acid groups (broad SMARTS) is 1. The number of hydrogen-bond donors (Lipinski definition) is 3. The second kappa shape index (κ2) is 9.17. The maximum absolute atomic E-state index is 12.7. The Bertz CT molecular complexity index is 1030. The fourth-order valence-electron chi connectivity index (χ4n) is 2.78. The topological polar surface area (TPSA) is 122 Å². The molecule has 3 rings (SSSR count). The highest BCUT2D eigenvalue weighted by atomic mass is 32.2. The molecule has 1 aliphatic rings. The van der Waals surface area contributed by atoms with Gasteiger partial charge in [-0.05, 0) is 74.2 Å². The smallest absolute Gasteiger partial charge is 0.303 e. The van der Waals surface area contributed by atoms with Crippen molar-refractivity contribution < 1.29 is 27.9 Å². The summed E-state index contributed by atoms with van der Waals surface area (Å²) in [5.74, 6) is -0.295. The summed E-state index contributed by atoms with van der Waals surface area (Å²) in [7, 11) is -3.80. The molecule has 0 saturated heterocycles. The summed E-state index contributed by atoms with van der Waals surface area (Å²) in [5.41, 5.74) is 1.63. The van der Waals surface area contributed by atoms with E-state index in [1.165, 1.54) is 12.1 Å². The minimum atomic E-state index is -3.80. The van der Waals surface area contributed by atoms with E-state index in [0.29, 0.717) is 29.1 Å². The predicted octanol–water partition coefficient (Wildman–Crippen LogP) is 3.39. The standard InChI is InChI=1S/C21H24N2O6S/c1-14-13-18(10-11-19(14)29-12-2-3-20(24)25)30(27,28)23-17-8-6-16(7-9-17)22-21(26)15-4-5-15/h6-11,13,15,23H,2-5,12H2,1H3,(H,22,26)(H,24,25). The number of carboxylic acids is 1. The molecule has 8 nitrogen and oxygen atoms in total. The second-order valence-corrected chi connectivity index (χ2v) is 8.90. The average molecular weight is 432 g/mol.